The molecule has 0 aliphatic heterocycles. The van der Waals surface area contributed by atoms with Gasteiger partial charge in [-0.3, -0.25) is 0 Å². The third-order valence-electron chi connectivity index (χ3n) is 5.58. The van der Waals surface area contributed by atoms with Gasteiger partial charge < -0.3 is 4.98 Å². The molecule has 1 rings (SSSR count). The molecule has 0 saturated carbocycles. The smallest absolute Gasteiger partial charge is 0.112 e. The van der Waals surface area contributed by atoms with Gasteiger partial charge in [-0.05, 0) is 19.3 Å². The van der Waals surface area contributed by atoms with Crippen molar-refractivity contribution in [2.24, 2.45) is 0 Å². The van der Waals surface area contributed by atoms with Crippen LogP contribution in [0.25, 0.3) is 0 Å². The van der Waals surface area contributed by atoms with E-state index in [0.717, 1.165) is 6.42 Å². The highest BCUT2D eigenvalue weighted by Crippen LogP contribution is 2.39. The molecule has 0 aromatic carbocycles. The molecule has 0 atom stereocenters. The van der Waals surface area contributed by atoms with Crippen LogP contribution in [0, 0.1) is 0 Å². The predicted octanol–water partition coefficient (Wildman–Crippen LogP) is 6.64. The zero-order valence-corrected chi connectivity index (χ0v) is 17.2. The maximum atomic E-state index is 5.18. The summed E-state index contributed by atoms with van der Waals surface area (Å²) < 4.78 is 0. The van der Waals surface area contributed by atoms with Gasteiger partial charge in [0.05, 0.1) is 5.69 Å². The van der Waals surface area contributed by atoms with Crippen LogP contribution < -0.4 is 0 Å². The molecule has 0 amide bonds. The standard InChI is InChI=1S/C21H40N2/c1-10-13-15-20(6,7)17-16(19(4,5)12-3)22-18(23-17)21(8,9)14-11-2/h10-15H2,1-9H3,(H,22,23). The summed E-state index contributed by atoms with van der Waals surface area (Å²) in [6.07, 6.45) is 7.19. The summed E-state index contributed by atoms with van der Waals surface area (Å²) in [5.41, 5.74) is 3.06. The van der Waals surface area contributed by atoms with Crippen molar-refractivity contribution in [2.45, 2.75) is 117 Å². The van der Waals surface area contributed by atoms with Crippen LogP contribution in [0.2, 0.25) is 0 Å². The summed E-state index contributed by atoms with van der Waals surface area (Å²) >= 11 is 0. The molecule has 0 fully saturated rings. The Morgan fingerprint density at radius 1 is 0.783 bits per heavy atom. The van der Waals surface area contributed by atoms with Gasteiger partial charge in [0.25, 0.3) is 0 Å². The fourth-order valence-corrected chi connectivity index (χ4v) is 3.33. The van der Waals surface area contributed by atoms with Crippen LogP contribution in [0.5, 0.6) is 0 Å². The van der Waals surface area contributed by atoms with Crippen LogP contribution >= 0.6 is 0 Å². The van der Waals surface area contributed by atoms with Crippen molar-refractivity contribution in [1.29, 1.82) is 0 Å². The number of aromatic amines is 1. The monoisotopic (exact) mass is 320 g/mol. The third-order valence-corrected chi connectivity index (χ3v) is 5.58. The molecule has 2 heteroatoms. The van der Waals surface area contributed by atoms with Crippen molar-refractivity contribution in [3.8, 4) is 0 Å². The Balaban J connectivity index is 3.40. The van der Waals surface area contributed by atoms with E-state index in [-0.39, 0.29) is 16.2 Å². The minimum absolute atomic E-state index is 0.117. The highest BCUT2D eigenvalue weighted by atomic mass is 15.0. The molecular weight excluding hydrogens is 280 g/mol. The van der Waals surface area contributed by atoms with E-state index in [9.17, 15) is 0 Å². The average molecular weight is 321 g/mol. The Morgan fingerprint density at radius 3 is 1.87 bits per heavy atom. The van der Waals surface area contributed by atoms with Crippen molar-refractivity contribution in [3.63, 3.8) is 0 Å². The van der Waals surface area contributed by atoms with Gasteiger partial charge in [-0.2, -0.15) is 0 Å². The van der Waals surface area contributed by atoms with E-state index < -0.39 is 0 Å². The second kappa shape index (κ2) is 7.40. The molecule has 0 spiro atoms. The number of imidazole rings is 1. The number of rotatable bonds is 9. The Hall–Kier alpha value is -0.790. The average Bonchev–Trinajstić information content (AvgIpc) is 2.93. The molecule has 1 heterocycles. The zero-order chi connectivity index (χ0) is 17.9. The summed E-state index contributed by atoms with van der Waals surface area (Å²) in [5, 5.41) is 0. The van der Waals surface area contributed by atoms with Crippen LogP contribution in [0.3, 0.4) is 0 Å². The Kier molecular flexibility index (Phi) is 6.52. The van der Waals surface area contributed by atoms with Gasteiger partial charge in [0, 0.05) is 21.9 Å². The summed E-state index contributed by atoms with van der Waals surface area (Å²) in [6, 6.07) is 0. The van der Waals surface area contributed by atoms with Crippen LogP contribution in [0.1, 0.15) is 118 Å². The van der Waals surface area contributed by atoms with E-state index in [1.54, 1.807) is 0 Å². The first-order chi connectivity index (χ1) is 10.5. The number of hydrogen-bond donors (Lipinski definition) is 1. The van der Waals surface area contributed by atoms with Crippen molar-refractivity contribution in [3.05, 3.63) is 17.2 Å². The molecule has 0 aliphatic rings. The molecule has 23 heavy (non-hydrogen) atoms. The molecule has 1 aromatic heterocycles. The van der Waals surface area contributed by atoms with Crippen LogP contribution in [-0.4, -0.2) is 9.97 Å². The van der Waals surface area contributed by atoms with E-state index in [1.807, 2.05) is 0 Å². The fourth-order valence-electron chi connectivity index (χ4n) is 3.33. The Morgan fingerprint density at radius 2 is 1.39 bits per heavy atom. The third kappa shape index (κ3) is 4.61. The van der Waals surface area contributed by atoms with E-state index in [4.69, 9.17) is 4.98 Å². The van der Waals surface area contributed by atoms with Gasteiger partial charge in [0.15, 0.2) is 0 Å². The largest absolute Gasteiger partial charge is 0.345 e. The number of H-pyrrole nitrogens is 1. The second-order valence-electron chi connectivity index (χ2n) is 9.17. The van der Waals surface area contributed by atoms with E-state index >= 15 is 0 Å². The number of nitrogens with zero attached hydrogens (tertiary/aromatic N) is 1. The van der Waals surface area contributed by atoms with Gasteiger partial charge in [-0.25, -0.2) is 4.98 Å². The predicted molar refractivity (Wildman–Crippen MR) is 102 cm³/mol. The van der Waals surface area contributed by atoms with E-state index in [2.05, 4.69) is 67.3 Å². The van der Waals surface area contributed by atoms with Crippen LogP contribution in [0.15, 0.2) is 0 Å². The number of nitrogens with one attached hydrogen (secondary N) is 1. The number of aromatic nitrogens is 2. The number of unbranched alkanes of at least 4 members (excludes halogenated alkanes) is 1. The zero-order valence-electron chi connectivity index (χ0n) is 17.2. The molecule has 134 valence electrons. The molecule has 0 aliphatic carbocycles. The SMILES string of the molecule is CCCCC(C)(C)c1nc(C(C)(C)CCC)[nH]c1C(C)(C)CC. The molecule has 1 N–H and O–H groups in total. The summed E-state index contributed by atoms with van der Waals surface area (Å²) in [7, 11) is 0. The second-order valence-corrected chi connectivity index (χ2v) is 9.17. The first-order valence-electron chi connectivity index (χ1n) is 9.63. The highest BCUT2D eigenvalue weighted by Gasteiger charge is 2.36. The first-order valence-corrected chi connectivity index (χ1v) is 9.63. The normalized spacial score (nSPS) is 13.6. The van der Waals surface area contributed by atoms with Gasteiger partial charge in [0.2, 0.25) is 0 Å². The Labute approximate surface area is 144 Å². The van der Waals surface area contributed by atoms with Gasteiger partial charge >= 0.3 is 0 Å². The van der Waals surface area contributed by atoms with Crippen molar-refractivity contribution in [2.75, 3.05) is 0 Å². The van der Waals surface area contributed by atoms with E-state index in [1.165, 1.54) is 49.3 Å². The van der Waals surface area contributed by atoms with E-state index in [0.29, 0.717) is 0 Å². The molecule has 0 radical (unpaired) electrons. The quantitative estimate of drug-likeness (QED) is 0.542. The molecule has 2 nitrogen and oxygen atoms in total. The van der Waals surface area contributed by atoms with Gasteiger partial charge in [-0.15, -0.1) is 0 Å². The van der Waals surface area contributed by atoms with Gasteiger partial charge in [0.1, 0.15) is 5.82 Å². The molecule has 0 bridgehead atoms. The van der Waals surface area contributed by atoms with Crippen molar-refractivity contribution < 1.29 is 0 Å². The van der Waals surface area contributed by atoms with Crippen LogP contribution in [0.4, 0.5) is 0 Å². The summed E-state index contributed by atoms with van der Waals surface area (Å²) in [4.78, 5) is 8.95. The minimum Gasteiger partial charge on any atom is -0.345 e. The topological polar surface area (TPSA) is 28.7 Å². The number of hydrogen-bond acceptors (Lipinski definition) is 1. The lowest BCUT2D eigenvalue weighted by atomic mass is 9.76. The molecule has 1 aromatic rings. The fraction of sp³-hybridized carbons (Fsp3) is 0.857. The first kappa shape index (κ1) is 20.3. The molecule has 0 unspecified atom stereocenters. The lowest BCUT2D eigenvalue weighted by molar-refractivity contribution is 0.417. The van der Waals surface area contributed by atoms with Crippen molar-refractivity contribution >= 4 is 0 Å². The van der Waals surface area contributed by atoms with Crippen LogP contribution in [-0.2, 0) is 16.2 Å². The highest BCUT2D eigenvalue weighted by molar-refractivity contribution is 5.31. The molecule has 0 saturated heterocycles. The van der Waals surface area contributed by atoms with Crippen molar-refractivity contribution in [1.82, 2.24) is 9.97 Å². The molecular formula is C21H40N2. The minimum atomic E-state index is 0.117. The summed E-state index contributed by atoms with van der Waals surface area (Å²) in [5.74, 6) is 1.18. The maximum Gasteiger partial charge on any atom is 0.112 e. The Bertz CT molecular complexity index is 492. The summed E-state index contributed by atoms with van der Waals surface area (Å²) in [6.45, 7) is 20.9. The van der Waals surface area contributed by atoms with Gasteiger partial charge in [-0.1, -0.05) is 81.6 Å². The lowest BCUT2D eigenvalue weighted by Gasteiger charge is -2.29. The lowest BCUT2D eigenvalue weighted by Crippen LogP contribution is -2.26. The maximum absolute atomic E-state index is 5.18.